The molecule has 0 aliphatic carbocycles. The van der Waals surface area contributed by atoms with E-state index < -0.39 is 15.3 Å². The smallest absolute Gasteiger partial charge is 0.152 e. The second-order valence-electron chi connectivity index (χ2n) is 5.22. The fraction of sp³-hybridized carbons (Fsp3) is 0.571. The highest BCUT2D eigenvalue weighted by atomic mass is 79.9. The maximum absolute atomic E-state index is 12.0. The molecule has 0 radical (unpaired) electrons. The molecule has 0 bridgehead atoms. The molecule has 1 aromatic carbocycles. The van der Waals surface area contributed by atoms with Crippen molar-refractivity contribution in [2.45, 2.75) is 30.9 Å². The number of hydrogen-bond donors (Lipinski definition) is 0. The molecule has 0 unspecified atom stereocenters. The van der Waals surface area contributed by atoms with Crippen LogP contribution in [0.25, 0.3) is 0 Å². The van der Waals surface area contributed by atoms with E-state index in [1.807, 2.05) is 24.3 Å². The van der Waals surface area contributed by atoms with Crippen molar-refractivity contribution in [3.63, 3.8) is 0 Å². The van der Waals surface area contributed by atoms with E-state index in [1.54, 1.807) is 13.8 Å². The van der Waals surface area contributed by atoms with Gasteiger partial charge in [-0.3, -0.25) is 0 Å². The summed E-state index contributed by atoms with van der Waals surface area (Å²) in [4.78, 5) is 0. The molecule has 0 aromatic heterocycles. The SMILES string of the molecule is CC(C)S(=O)(=O)CCC(CCl)(CCl)c1cccc(Br)c1. The number of sulfone groups is 1. The van der Waals surface area contributed by atoms with Crippen molar-refractivity contribution in [3.8, 4) is 0 Å². The zero-order valence-electron chi connectivity index (χ0n) is 11.6. The van der Waals surface area contributed by atoms with Crippen molar-refractivity contribution in [3.05, 3.63) is 34.3 Å². The van der Waals surface area contributed by atoms with Crippen LogP contribution in [-0.2, 0) is 15.3 Å². The minimum absolute atomic E-state index is 0.0939. The molecule has 0 saturated carbocycles. The van der Waals surface area contributed by atoms with Gasteiger partial charge in [-0.15, -0.1) is 23.2 Å². The fourth-order valence-electron chi connectivity index (χ4n) is 1.86. The summed E-state index contributed by atoms with van der Waals surface area (Å²) >= 11 is 15.7. The van der Waals surface area contributed by atoms with Gasteiger partial charge in [0.15, 0.2) is 9.84 Å². The van der Waals surface area contributed by atoms with Crippen molar-refractivity contribution < 1.29 is 8.42 Å². The second-order valence-corrected chi connectivity index (χ2v) is 9.35. The molecule has 0 spiro atoms. The summed E-state index contributed by atoms with van der Waals surface area (Å²) in [5.74, 6) is 0.678. The number of hydrogen-bond acceptors (Lipinski definition) is 2. The van der Waals surface area contributed by atoms with Crippen molar-refractivity contribution >= 4 is 49.0 Å². The Balaban J connectivity index is 3.05. The molecule has 0 aliphatic rings. The van der Waals surface area contributed by atoms with E-state index in [1.165, 1.54) is 0 Å². The third-order valence-electron chi connectivity index (χ3n) is 3.53. The highest BCUT2D eigenvalue weighted by molar-refractivity contribution is 9.10. The van der Waals surface area contributed by atoms with Crippen molar-refractivity contribution in [2.24, 2.45) is 0 Å². The van der Waals surface area contributed by atoms with Crippen molar-refractivity contribution in [1.82, 2.24) is 0 Å². The van der Waals surface area contributed by atoms with Gasteiger partial charge in [0.25, 0.3) is 0 Å². The predicted molar refractivity (Wildman–Crippen MR) is 90.8 cm³/mol. The first-order valence-corrected chi connectivity index (χ1v) is 9.95. The van der Waals surface area contributed by atoms with Gasteiger partial charge in [0, 0.05) is 21.6 Å². The minimum atomic E-state index is -3.10. The predicted octanol–water partition coefficient (Wildman–Crippen LogP) is 4.38. The third-order valence-corrected chi connectivity index (χ3v) is 7.26. The Bertz CT molecular complexity index is 540. The summed E-state index contributed by atoms with van der Waals surface area (Å²) in [6.45, 7) is 3.38. The maximum atomic E-state index is 12.0. The number of halogens is 3. The molecule has 0 saturated heterocycles. The van der Waals surface area contributed by atoms with Gasteiger partial charge in [-0.25, -0.2) is 8.42 Å². The lowest BCUT2D eigenvalue weighted by molar-refractivity contribution is 0.509. The zero-order valence-corrected chi connectivity index (χ0v) is 15.5. The van der Waals surface area contributed by atoms with E-state index in [0.717, 1.165) is 10.0 Å². The summed E-state index contributed by atoms with van der Waals surface area (Å²) in [5, 5.41) is -0.381. The van der Waals surface area contributed by atoms with E-state index in [9.17, 15) is 8.42 Å². The van der Waals surface area contributed by atoms with Gasteiger partial charge in [0.05, 0.1) is 11.0 Å². The molecule has 0 fully saturated rings. The topological polar surface area (TPSA) is 34.1 Å². The van der Waals surface area contributed by atoms with Crippen LogP contribution in [0.1, 0.15) is 25.8 Å². The van der Waals surface area contributed by atoms with Crippen LogP contribution in [0.5, 0.6) is 0 Å². The third kappa shape index (κ3) is 4.36. The monoisotopic (exact) mass is 400 g/mol. The van der Waals surface area contributed by atoms with Gasteiger partial charge in [0.1, 0.15) is 0 Å². The Morgan fingerprint density at radius 3 is 2.30 bits per heavy atom. The molecule has 0 atom stereocenters. The molecule has 0 amide bonds. The molecular weight excluding hydrogens is 383 g/mol. The van der Waals surface area contributed by atoms with Crippen LogP contribution < -0.4 is 0 Å². The van der Waals surface area contributed by atoms with E-state index >= 15 is 0 Å². The van der Waals surface area contributed by atoms with Crippen LogP contribution in [0.15, 0.2) is 28.7 Å². The van der Waals surface area contributed by atoms with Crippen LogP contribution in [0.2, 0.25) is 0 Å². The van der Waals surface area contributed by atoms with E-state index in [2.05, 4.69) is 15.9 Å². The van der Waals surface area contributed by atoms with Crippen LogP contribution in [0.4, 0.5) is 0 Å². The first kappa shape index (κ1) is 18.3. The van der Waals surface area contributed by atoms with Gasteiger partial charge in [-0.1, -0.05) is 28.1 Å². The summed E-state index contributed by atoms with van der Waals surface area (Å²) < 4.78 is 25.0. The molecule has 20 heavy (non-hydrogen) atoms. The Morgan fingerprint density at radius 2 is 1.85 bits per heavy atom. The van der Waals surface area contributed by atoms with E-state index in [4.69, 9.17) is 23.2 Å². The molecule has 1 rings (SSSR count). The average Bonchev–Trinajstić information content (AvgIpc) is 2.40. The quantitative estimate of drug-likeness (QED) is 0.635. The highest BCUT2D eigenvalue weighted by Crippen LogP contribution is 2.33. The lowest BCUT2D eigenvalue weighted by atomic mass is 9.82. The molecule has 0 aliphatic heterocycles. The van der Waals surface area contributed by atoms with Gasteiger partial charge in [-0.2, -0.15) is 0 Å². The maximum Gasteiger partial charge on any atom is 0.152 e. The average molecular weight is 402 g/mol. The Hall–Kier alpha value is 0.230. The second kappa shape index (κ2) is 7.48. The van der Waals surface area contributed by atoms with Gasteiger partial charge >= 0.3 is 0 Å². The van der Waals surface area contributed by atoms with Gasteiger partial charge < -0.3 is 0 Å². The Kier molecular flexibility index (Phi) is 6.84. The lowest BCUT2D eigenvalue weighted by Gasteiger charge is -2.30. The summed E-state index contributed by atoms with van der Waals surface area (Å²) in [6.07, 6.45) is 0.428. The first-order valence-electron chi connectivity index (χ1n) is 6.37. The molecule has 0 N–H and O–H groups in total. The largest absolute Gasteiger partial charge is 0.229 e. The Labute approximate surface area is 139 Å². The highest BCUT2D eigenvalue weighted by Gasteiger charge is 2.33. The van der Waals surface area contributed by atoms with E-state index in [0.29, 0.717) is 18.2 Å². The lowest BCUT2D eigenvalue weighted by Crippen LogP contribution is -2.34. The number of rotatable bonds is 7. The summed E-state index contributed by atoms with van der Waals surface area (Å²) in [6, 6.07) is 7.72. The number of alkyl halides is 2. The van der Waals surface area contributed by atoms with Gasteiger partial charge in [-0.05, 0) is 38.0 Å². The normalized spacial score (nSPS) is 12.9. The van der Waals surface area contributed by atoms with Crippen LogP contribution >= 0.6 is 39.1 Å². The molecule has 114 valence electrons. The zero-order chi connectivity index (χ0) is 15.4. The van der Waals surface area contributed by atoms with Gasteiger partial charge in [0.2, 0.25) is 0 Å². The summed E-state index contributed by atoms with van der Waals surface area (Å²) in [7, 11) is -3.10. The van der Waals surface area contributed by atoms with Crippen molar-refractivity contribution in [1.29, 1.82) is 0 Å². The van der Waals surface area contributed by atoms with Crippen LogP contribution in [0, 0.1) is 0 Å². The fourth-order valence-corrected chi connectivity index (χ4v) is 4.27. The molecule has 6 heteroatoms. The Morgan fingerprint density at radius 1 is 1.25 bits per heavy atom. The van der Waals surface area contributed by atoms with E-state index in [-0.39, 0.29) is 11.0 Å². The van der Waals surface area contributed by atoms with Crippen molar-refractivity contribution in [2.75, 3.05) is 17.5 Å². The van der Waals surface area contributed by atoms with Crippen LogP contribution in [0.3, 0.4) is 0 Å². The van der Waals surface area contributed by atoms with Crippen LogP contribution in [-0.4, -0.2) is 31.2 Å². The minimum Gasteiger partial charge on any atom is -0.229 e. The standard InChI is InChI=1S/C14H19BrCl2O2S/c1-11(2)20(18,19)7-6-14(9-16,10-17)12-4-3-5-13(15)8-12/h3-5,8,11H,6-7,9-10H2,1-2H3. The molecule has 1 aromatic rings. The first-order chi connectivity index (χ1) is 9.27. The number of benzene rings is 1. The summed E-state index contributed by atoms with van der Waals surface area (Å²) in [5.41, 5.74) is 0.449. The molecular formula is C14H19BrCl2O2S. The molecule has 2 nitrogen and oxygen atoms in total. The molecule has 0 heterocycles.